The van der Waals surface area contributed by atoms with E-state index in [1.807, 2.05) is 0 Å². The Labute approximate surface area is 99.5 Å². The average molecular weight is 230 g/mol. The highest BCUT2D eigenvalue weighted by Gasteiger charge is 2.20. The van der Waals surface area contributed by atoms with Crippen molar-refractivity contribution in [3.63, 3.8) is 0 Å². The van der Waals surface area contributed by atoms with Crippen LogP contribution in [0.5, 0.6) is 0 Å². The van der Waals surface area contributed by atoms with Crippen LogP contribution in [0.25, 0.3) is 0 Å². The number of carbonyl (C=O) groups excluding carboxylic acids is 1. The molecule has 0 aromatic rings. The standard InChI is InChI=1S/C13H26O3/c1-4-6-8-12(10-14)13(9-7-5-2)16-11-15-3/h10,12-13H,4-9,11H2,1-3H3/t12-,13+/m1/s1. The van der Waals surface area contributed by atoms with Crippen molar-refractivity contribution in [2.75, 3.05) is 13.9 Å². The molecular weight excluding hydrogens is 204 g/mol. The predicted molar refractivity (Wildman–Crippen MR) is 65.4 cm³/mol. The van der Waals surface area contributed by atoms with Crippen molar-refractivity contribution in [2.45, 2.75) is 58.5 Å². The largest absolute Gasteiger partial charge is 0.359 e. The molecule has 2 atom stereocenters. The molecule has 0 heterocycles. The molecule has 3 nitrogen and oxygen atoms in total. The van der Waals surface area contributed by atoms with E-state index >= 15 is 0 Å². The first-order valence-electron chi connectivity index (χ1n) is 6.35. The van der Waals surface area contributed by atoms with Crippen LogP contribution in [0.2, 0.25) is 0 Å². The van der Waals surface area contributed by atoms with Crippen LogP contribution in [-0.2, 0) is 14.3 Å². The van der Waals surface area contributed by atoms with Crippen LogP contribution in [0, 0.1) is 5.92 Å². The van der Waals surface area contributed by atoms with Crippen molar-refractivity contribution >= 4 is 6.29 Å². The summed E-state index contributed by atoms with van der Waals surface area (Å²) in [4.78, 5) is 11.1. The Morgan fingerprint density at radius 3 is 2.25 bits per heavy atom. The zero-order chi connectivity index (χ0) is 12.2. The van der Waals surface area contributed by atoms with Gasteiger partial charge < -0.3 is 14.3 Å². The molecular formula is C13H26O3. The normalized spacial score (nSPS) is 14.7. The van der Waals surface area contributed by atoms with Crippen LogP contribution in [0.3, 0.4) is 0 Å². The Morgan fingerprint density at radius 2 is 1.75 bits per heavy atom. The maximum Gasteiger partial charge on any atom is 0.146 e. The summed E-state index contributed by atoms with van der Waals surface area (Å²) in [6.07, 6.45) is 7.40. The summed E-state index contributed by atoms with van der Waals surface area (Å²) in [5.41, 5.74) is 0. The van der Waals surface area contributed by atoms with Gasteiger partial charge in [-0.15, -0.1) is 0 Å². The monoisotopic (exact) mass is 230 g/mol. The molecule has 16 heavy (non-hydrogen) atoms. The lowest BCUT2D eigenvalue weighted by molar-refractivity contribution is -0.125. The molecule has 0 saturated heterocycles. The number of methoxy groups -OCH3 is 1. The van der Waals surface area contributed by atoms with E-state index in [4.69, 9.17) is 9.47 Å². The third-order valence-electron chi connectivity index (χ3n) is 2.79. The van der Waals surface area contributed by atoms with Gasteiger partial charge in [0.25, 0.3) is 0 Å². The number of aldehydes is 1. The van der Waals surface area contributed by atoms with Gasteiger partial charge in [-0.05, 0) is 12.8 Å². The van der Waals surface area contributed by atoms with Gasteiger partial charge in [0, 0.05) is 13.0 Å². The number of unbranched alkanes of at least 4 members (excludes halogenated alkanes) is 2. The Kier molecular flexibility index (Phi) is 10.8. The number of ether oxygens (including phenoxy) is 2. The summed E-state index contributed by atoms with van der Waals surface area (Å²) in [5, 5.41) is 0. The summed E-state index contributed by atoms with van der Waals surface area (Å²) in [6.45, 7) is 4.57. The molecule has 0 bridgehead atoms. The Balaban J connectivity index is 4.12. The molecule has 0 fully saturated rings. The molecule has 3 heteroatoms. The number of carbonyl (C=O) groups is 1. The van der Waals surface area contributed by atoms with Crippen LogP contribution in [0.15, 0.2) is 0 Å². The Hall–Kier alpha value is -0.410. The second-order valence-electron chi connectivity index (χ2n) is 4.20. The summed E-state index contributed by atoms with van der Waals surface area (Å²) >= 11 is 0. The third kappa shape index (κ3) is 6.96. The highest BCUT2D eigenvalue weighted by molar-refractivity contribution is 5.54. The maximum atomic E-state index is 11.1. The van der Waals surface area contributed by atoms with Gasteiger partial charge in [0.05, 0.1) is 6.10 Å². The van der Waals surface area contributed by atoms with E-state index in [0.29, 0.717) is 0 Å². The molecule has 0 aliphatic carbocycles. The van der Waals surface area contributed by atoms with Gasteiger partial charge in [0.2, 0.25) is 0 Å². The first-order valence-corrected chi connectivity index (χ1v) is 6.35. The molecule has 0 rings (SSSR count). The fourth-order valence-electron chi connectivity index (χ4n) is 1.76. The lowest BCUT2D eigenvalue weighted by Gasteiger charge is -2.22. The van der Waals surface area contributed by atoms with Crippen LogP contribution >= 0.6 is 0 Å². The summed E-state index contributed by atoms with van der Waals surface area (Å²) in [7, 11) is 1.61. The highest BCUT2D eigenvalue weighted by atomic mass is 16.7. The fourth-order valence-corrected chi connectivity index (χ4v) is 1.76. The molecule has 0 unspecified atom stereocenters. The van der Waals surface area contributed by atoms with Gasteiger partial charge in [-0.3, -0.25) is 0 Å². The predicted octanol–water partition coefficient (Wildman–Crippen LogP) is 3.17. The average Bonchev–Trinajstić information content (AvgIpc) is 2.32. The van der Waals surface area contributed by atoms with Crippen molar-refractivity contribution < 1.29 is 14.3 Å². The van der Waals surface area contributed by atoms with E-state index < -0.39 is 0 Å². The third-order valence-corrected chi connectivity index (χ3v) is 2.79. The van der Waals surface area contributed by atoms with E-state index in [0.717, 1.165) is 44.8 Å². The number of hydrogen-bond donors (Lipinski definition) is 0. The van der Waals surface area contributed by atoms with E-state index in [2.05, 4.69) is 13.8 Å². The van der Waals surface area contributed by atoms with Gasteiger partial charge in [-0.2, -0.15) is 0 Å². The van der Waals surface area contributed by atoms with E-state index in [1.54, 1.807) is 7.11 Å². The number of rotatable bonds is 11. The minimum atomic E-state index is 0.0293. The van der Waals surface area contributed by atoms with Crippen LogP contribution < -0.4 is 0 Å². The molecule has 0 N–H and O–H groups in total. The van der Waals surface area contributed by atoms with Crippen LogP contribution in [-0.4, -0.2) is 26.3 Å². The molecule has 0 aliphatic heterocycles. The molecule has 0 radical (unpaired) electrons. The highest BCUT2D eigenvalue weighted by Crippen LogP contribution is 2.19. The van der Waals surface area contributed by atoms with Gasteiger partial charge in [-0.1, -0.05) is 39.5 Å². The van der Waals surface area contributed by atoms with Gasteiger partial charge >= 0.3 is 0 Å². The first-order chi connectivity index (χ1) is 7.79. The van der Waals surface area contributed by atoms with Crippen molar-refractivity contribution in [3.05, 3.63) is 0 Å². The van der Waals surface area contributed by atoms with Gasteiger partial charge in [0.1, 0.15) is 13.1 Å². The van der Waals surface area contributed by atoms with Gasteiger partial charge in [0.15, 0.2) is 0 Å². The van der Waals surface area contributed by atoms with Crippen LogP contribution in [0.4, 0.5) is 0 Å². The smallest absolute Gasteiger partial charge is 0.146 e. The van der Waals surface area contributed by atoms with E-state index in [9.17, 15) is 4.79 Å². The van der Waals surface area contributed by atoms with Crippen molar-refractivity contribution in [3.8, 4) is 0 Å². The minimum Gasteiger partial charge on any atom is -0.359 e. The van der Waals surface area contributed by atoms with Crippen LogP contribution in [0.1, 0.15) is 52.4 Å². The summed E-state index contributed by atoms with van der Waals surface area (Å²) < 4.78 is 10.5. The lowest BCUT2D eigenvalue weighted by Crippen LogP contribution is -2.26. The molecule has 0 aromatic heterocycles. The Bertz CT molecular complexity index is 151. The number of hydrogen-bond acceptors (Lipinski definition) is 3. The maximum absolute atomic E-state index is 11.1. The molecule has 0 aliphatic rings. The molecule has 0 saturated carbocycles. The zero-order valence-electron chi connectivity index (χ0n) is 10.9. The summed E-state index contributed by atoms with van der Waals surface area (Å²) in [6, 6.07) is 0. The zero-order valence-corrected chi connectivity index (χ0v) is 10.9. The first kappa shape index (κ1) is 15.6. The summed E-state index contributed by atoms with van der Waals surface area (Å²) in [5.74, 6) is 0.0293. The lowest BCUT2D eigenvalue weighted by atomic mass is 9.94. The fraction of sp³-hybridized carbons (Fsp3) is 0.923. The SMILES string of the molecule is CCCC[C@H](OCOC)[C@@H](C=O)CCCC. The molecule has 0 amide bonds. The Morgan fingerprint density at radius 1 is 1.12 bits per heavy atom. The van der Waals surface area contributed by atoms with Gasteiger partial charge in [-0.25, -0.2) is 0 Å². The minimum absolute atomic E-state index is 0.0293. The topological polar surface area (TPSA) is 35.5 Å². The van der Waals surface area contributed by atoms with Crippen molar-refractivity contribution in [2.24, 2.45) is 5.92 Å². The second-order valence-corrected chi connectivity index (χ2v) is 4.20. The molecule has 0 spiro atoms. The van der Waals surface area contributed by atoms with Crippen molar-refractivity contribution in [1.29, 1.82) is 0 Å². The van der Waals surface area contributed by atoms with E-state index in [1.165, 1.54) is 0 Å². The molecule has 96 valence electrons. The van der Waals surface area contributed by atoms with Crippen molar-refractivity contribution in [1.82, 2.24) is 0 Å². The second kappa shape index (κ2) is 11.1. The van der Waals surface area contributed by atoms with E-state index in [-0.39, 0.29) is 18.8 Å². The quantitative estimate of drug-likeness (QED) is 0.404. The molecule has 0 aromatic carbocycles.